The van der Waals surface area contributed by atoms with Gasteiger partial charge in [-0.2, -0.15) is 0 Å². The monoisotopic (exact) mass is 260 g/mol. The summed E-state index contributed by atoms with van der Waals surface area (Å²) in [4.78, 5) is 2.37. The molecule has 3 heteroatoms. The third-order valence-corrected chi connectivity index (χ3v) is 4.31. The Hall–Kier alpha value is -1.06. The van der Waals surface area contributed by atoms with E-state index in [1.165, 1.54) is 24.1 Å². The number of hydrogen-bond donors (Lipinski definition) is 2. The molecule has 1 aromatic carbocycles. The maximum atomic E-state index is 9.98. The highest BCUT2D eigenvalue weighted by atomic mass is 16.3. The molecule has 2 N–H and O–H groups in total. The second-order valence-electron chi connectivity index (χ2n) is 6.31. The Kier molecular flexibility index (Phi) is 3.50. The number of piperidine rings is 1. The summed E-state index contributed by atoms with van der Waals surface area (Å²) in [5.41, 5.74) is 2.18. The zero-order valence-corrected chi connectivity index (χ0v) is 11.7. The van der Waals surface area contributed by atoms with Crippen LogP contribution >= 0.6 is 0 Å². The average molecular weight is 260 g/mol. The molecule has 0 radical (unpaired) electrons. The van der Waals surface area contributed by atoms with Crippen molar-refractivity contribution in [1.29, 1.82) is 0 Å². The van der Waals surface area contributed by atoms with Crippen LogP contribution in [-0.2, 0) is 6.54 Å². The number of anilines is 1. The molecule has 0 aromatic heterocycles. The van der Waals surface area contributed by atoms with Crippen molar-refractivity contribution in [3.8, 4) is 0 Å². The SMILES string of the molecule is CC1(O)CCN(c2ccc(CNC3CC3)cc2)CC1. The second kappa shape index (κ2) is 5.14. The summed E-state index contributed by atoms with van der Waals surface area (Å²) < 4.78 is 0. The van der Waals surface area contributed by atoms with Crippen LogP contribution in [0, 0.1) is 0 Å². The number of hydrogen-bond acceptors (Lipinski definition) is 3. The lowest BCUT2D eigenvalue weighted by molar-refractivity contribution is 0.0351. The third kappa shape index (κ3) is 3.48. The van der Waals surface area contributed by atoms with Gasteiger partial charge in [0.05, 0.1) is 5.60 Å². The lowest BCUT2D eigenvalue weighted by Crippen LogP contribution is -2.42. The van der Waals surface area contributed by atoms with Crippen molar-refractivity contribution in [3.63, 3.8) is 0 Å². The Morgan fingerprint density at radius 2 is 1.84 bits per heavy atom. The Balaban J connectivity index is 1.56. The van der Waals surface area contributed by atoms with Crippen LogP contribution in [0.2, 0.25) is 0 Å². The van der Waals surface area contributed by atoms with E-state index in [4.69, 9.17) is 0 Å². The van der Waals surface area contributed by atoms with E-state index >= 15 is 0 Å². The highest BCUT2D eigenvalue weighted by molar-refractivity contribution is 5.48. The molecule has 1 heterocycles. The van der Waals surface area contributed by atoms with E-state index in [0.717, 1.165) is 38.5 Å². The van der Waals surface area contributed by atoms with E-state index in [9.17, 15) is 5.11 Å². The van der Waals surface area contributed by atoms with Gasteiger partial charge in [-0.3, -0.25) is 0 Å². The summed E-state index contributed by atoms with van der Waals surface area (Å²) in [6.45, 7) is 4.83. The van der Waals surface area contributed by atoms with Crippen LogP contribution in [0.15, 0.2) is 24.3 Å². The molecule has 1 saturated heterocycles. The van der Waals surface area contributed by atoms with Gasteiger partial charge in [-0.05, 0) is 50.3 Å². The van der Waals surface area contributed by atoms with Crippen molar-refractivity contribution in [1.82, 2.24) is 5.32 Å². The van der Waals surface area contributed by atoms with Crippen LogP contribution in [0.3, 0.4) is 0 Å². The van der Waals surface area contributed by atoms with Crippen LogP contribution in [-0.4, -0.2) is 29.8 Å². The van der Waals surface area contributed by atoms with Crippen LogP contribution < -0.4 is 10.2 Å². The fourth-order valence-corrected chi connectivity index (χ4v) is 2.62. The molecule has 0 amide bonds. The largest absolute Gasteiger partial charge is 0.390 e. The third-order valence-electron chi connectivity index (χ3n) is 4.31. The van der Waals surface area contributed by atoms with Gasteiger partial charge in [0.15, 0.2) is 0 Å². The molecule has 0 bridgehead atoms. The Bertz CT molecular complexity index is 413. The van der Waals surface area contributed by atoms with Crippen LogP contribution in [0.5, 0.6) is 0 Å². The molecule has 2 fully saturated rings. The first kappa shape index (κ1) is 12.9. The predicted octanol–water partition coefficient (Wildman–Crippen LogP) is 2.29. The van der Waals surface area contributed by atoms with Gasteiger partial charge in [-0.1, -0.05) is 12.1 Å². The fraction of sp³-hybridized carbons (Fsp3) is 0.625. The van der Waals surface area contributed by atoms with Crippen molar-refractivity contribution in [2.75, 3.05) is 18.0 Å². The minimum atomic E-state index is -0.468. The first-order valence-corrected chi connectivity index (χ1v) is 7.42. The number of nitrogens with zero attached hydrogens (tertiary/aromatic N) is 1. The van der Waals surface area contributed by atoms with E-state index in [1.54, 1.807) is 0 Å². The second-order valence-corrected chi connectivity index (χ2v) is 6.31. The quantitative estimate of drug-likeness (QED) is 0.872. The van der Waals surface area contributed by atoms with Crippen molar-refractivity contribution >= 4 is 5.69 Å². The van der Waals surface area contributed by atoms with Gasteiger partial charge in [0, 0.05) is 31.4 Å². The Morgan fingerprint density at radius 3 is 2.42 bits per heavy atom. The maximum absolute atomic E-state index is 9.98. The van der Waals surface area contributed by atoms with E-state index in [1.807, 2.05) is 6.92 Å². The highest BCUT2D eigenvalue weighted by Crippen LogP contribution is 2.26. The summed E-state index contributed by atoms with van der Waals surface area (Å²) in [6.07, 6.45) is 4.40. The van der Waals surface area contributed by atoms with Crippen LogP contribution in [0.25, 0.3) is 0 Å². The van der Waals surface area contributed by atoms with Crippen molar-refractivity contribution in [2.45, 2.75) is 50.8 Å². The van der Waals surface area contributed by atoms with Crippen LogP contribution in [0.4, 0.5) is 5.69 Å². The molecule has 0 atom stereocenters. The maximum Gasteiger partial charge on any atom is 0.0653 e. The standard InChI is InChI=1S/C16H24N2O/c1-16(19)8-10-18(11-9-16)15-6-2-13(3-7-15)12-17-14-4-5-14/h2-3,6-7,14,17,19H,4-5,8-12H2,1H3. The van der Waals surface area contributed by atoms with Crippen molar-refractivity contribution in [3.05, 3.63) is 29.8 Å². The number of nitrogens with one attached hydrogen (secondary N) is 1. The molecular formula is C16H24N2O. The van der Waals surface area contributed by atoms with E-state index in [-0.39, 0.29) is 0 Å². The minimum absolute atomic E-state index is 0.468. The van der Waals surface area contributed by atoms with Gasteiger partial charge >= 0.3 is 0 Å². The molecule has 2 aliphatic rings. The smallest absolute Gasteiger partial charge is 0.0653 e. The van der Waals surface area contributed by atoms with Gasteiger partial charge in [0.25, 0.3) is 0 Å². The normalized spacial score (nSPS) is 22.5. The topological polar surface area (TPSA) is 35.5 Å². The molecule has 0 unspecified atom stereocenters. The molecule has 1 aliphatic carbocycles. The zero-order valence-electron chi connectivity index (χ0n) is 11.7. The van der Waals surface area contributed by atoms with Gasteiger partial charge in [0.1, 0.15) is 0 Å². The molecule has 1 aromatic rings. The molecule has 3 rings (SSSR count). The van der Waals surface area contributed by atoms with Gasteiger partial charge in [0.2, 0.25) is 0 Å². The Labute approximate surface area is 115 Å². The summed E-state index contributed by atoms with van der Waals surface area (Å²) in [7, 11) is 0. The van der Waals surface area contributed by atoms with Gasteiger partial charge in [-0.15, -0.1) is 0 Å². The summed E-state index contributed by atoms with van der Waals surface area (Å²) >= 11 is 0. The lowest BCUT2D eigenvalue weighted by atomic mass is 9.93. The first-order valence-electron chi connectivity index (χ1n) is 7.42. The Morgan fingerprint density at radius 1 is 1.21 bits per heavy atom. The number of rotatable bonds is 4. The van der Waals surface area contributed by atoms with Crippen molar-refractivity contribution in [2.24, 2.45) is 0 Å². The predicted molar refractivity (Wildman–Crippen MR) is 78.4 cm³/mol. The van der Waals surface area contributed by atoms with Gasteiger partial charge in [-0.25, -0.2) is 0 Å². The number of aliphatic hydroxyl groups is 1. The average Bonchev–Trinajstić information content (AvgIpc) is 3.21. The summed E-state index contributed by atoms with van der Waals surface area (Å²) in [5, 5.41) is 13.5. The summed E-state index contributed by atoms with van der Waals surface area (Å²) in [5.74, 6) is 0. The van der Waals surface area contributed by atoms with Crippen LogP contribution in [0.1, 0.15) is 38.2 Å². The zero-order chi connectivity index (χ0) is 13.3. The van der Waals surface area contributed by atoms with Crippen molar-refractivity contribution < 1.29 is 5.11 Å². The van der Waals surface area contributed by atoms with E-state index in [2.05, 4.69) is 34.5 Å². The van der Waals surface area contributed by atoms with E-state index in [0.29, 0.717) is 0 Å². The lowest BCUT2D eigenvalue weighted by Gasteiger charge is -2.37. The molecule has 19 heavy (non-hydrogen) atoms. The van der Waals surface area contributed by atoms with E-state index < -0.39 is 5.60 Å². The highest BCUT2D eigenvalue weighted by Gasteiger charge is 2.27. The van der Waals surface area contributed by atoms with Gasteiger partial charge < -0.3 is 15.3 Å². The fourth-order valence-electron chi connectivity index (χ4n) is 2.62. The molecular weight excluding hydrogens is 236 g/mol. The summed E-state index contributed by atoms with van der Waals surface area (Å²) in [6, 6.07) is 9.63. The molecule has 0 spiro atoms. The molecule has 1 aliphatic heterocycles. The minimum Gasteiger partial charge on any atom is -0.390 e. The number of benzene rings is 1. The first-order chi connectivity index (χ1) is 9.12. The molecule has 1 saturated carbocycles. The molecule has 104 valence electrons. The molecule has 3 nitrogen and oxygen atoms in total.